The average Bonchev–Trinajstić information content (AvgIpc) is 2.85. The van der Waals surface area contributed by atoms with Gasteiger partial charge in [0.2, 0.25) is 11.4 Å². The van der Waals surface area contributed by atoms with Crippen molar-refractivity contribution in [2.45, 2.75) is 44.3 Å². The van der Waals surface area contributed by atoms with Gasteiger partial charge in [0.25, 0.3) is 5.78 Å². The number of hydrogen-bond acceptors (Lipinski definition) is 4. The smallest absolute Gasteiger partial charge is 0.405 e. The summed E-state index contributed by atoms with van der Waals surface area (Å²) >= 11 is 0. The zero-order valence-corrected chi connectivity index (χ0v) is 12.5. The molecule has 1 heterocycles. The SMILES string of the molecule is CCCCCC1(C(=O)C(F)(F)F)N=C(c2ccccc2)OC1=O. The van der Waals surface area contributed by atoms with Gasteiger partial charge in [-0.05, 0) is 25.0 Å². The summed E-state index contributed by atoms with van der Waals surface area (Å²) in [5.41, 5.74) is -2.16. The fourth-order valence-electron chi connectivity index (χ4n) is 2.40. The lowest BCUT2D eigenvalue weighted by molar-refractivity contribution is -0.180. The number of unbranched alkanes of at least 4 members (excludes halogenated alkanes) is 2. The quantitative estimate of drug-likeness (QED) is 0.457. The van der Waals surface area contributed by atoms with Crippen LogP contribution in [0.5, 0.6) is 0 Å². The van der Waals surface area contributed by atoms with Crippen LogP contribution in [0, 0.1) is 0 Å². The second-order valence-electron chi connectivity index (χ2n) is 5.32. The lowest BCUT2D eigenvalue weighted by Crippen LogP contribution is -2.49. The Kier molecular flexibility index (Phi) is 4.87. The van der Waals surface area contributed by atoms with Gasteiger partial charge in [-0.2, -0.15) is 13.2 Å². The van der Waals surface area contributed by atoms with Crippen molar-refractivity contribution in [3.8, 4) is 0 Å². The molecule has 0 saturated carbocycles. The molecule has 0 fully saturated rings. The summed E-state index contributed by atoms with van der Waals surface area (Å²) in [4.78, 5) is 27.7. The first-order valence-electron chi connectivity index (χ1n) is 7.30. The molecule has 0 aromatic heterocycles. The van der Waals surface area contributed by atoms with Crippen LogP contribution in [0.25, 0.3) is 0 Å². The Bertz CT molecular complexity index is 625. The van der Waals surface area contributed by atoms with E-state index in [9.17, 15) is 22.8 Å². The minimum absolute atomic E-state index is 0.246. The number of ether oxygens (including phenoxy) is 1. The molecule has 0 amide bonds. The highest BCUT2D eigenvalue weighted by atomic mass is 19.4. The third-order valence-corrected chi connectivity index (χ3v) is 3.62. The zero-order valence-electron chi connectivity index (χ0n) is 12.5. The van der Waals surface area contributed by atoms with Crippen molar-refractivity contribution in [2.24, 2.45) is 4.99 Å². The van der Waals surface area contributed by atoms with Gasteiger partial charge in [0.15, 0.2) is 0 Å². The van der Waals surface area contributed by atoms with E-state index >= 15 is 0 Å². The predicted octanol–water partition coefficient (Wildman–Crippen LogP) is 3.44. The molecule has 2 rings (SSSR count). The Morgan fingerprint density at radius 1 is 1.22 bits per heavy atom. The number of carbonyl (C=O) groups is 2. The zero-order chi connectivity index (χ0) is 17.1. The largest absolute Gasteiger partial charge is 0.453 e. The molecule has 0 spiro atoms. The van der Waals surface area contributed by atoms with Crippen LogP contribution in [-0.4, -0.2) is 29.4 Å². The van der Waals surface area contributed by atoms with Crippen molar-refractivity contribution >= 4 is 17.7 Å². The van der Waals surface area contributed by atoms with Crippen LogP contribution in [0.1, 0.15) is 38.2 Å². The standard InChI is InChI=1S/C16H16F3NO3/c1-2-3-7-10-15(13(21)16(17,18)19)14(22)23-12(20-15)11-8-5-4-6-9-11/h4-6,8-9H,2-3,7,10H2,1H3. The van der Waals surface area contributed by atoms with E-state index in [0.717, 1.165) is 6.42 Å². The number of halogens is 3. The number of carbonyl (C=O) groups excluding carboxylic acids is 2. The van der Waals surface area contributed by atoms with Crippen LogP contribution in [0.3, 0.4) is 0 Å². The van der Waals surface area contributed by atoms with E-state index in [1.165, 1.54) is 0 Å². The first-order valence-corrected chi connectivity index (χ1v) is 7.30. The number of aliphatic imine (C=N–C) groups is 1. The lowest BCUT2D eigenvalue weighted by atomic mass is 9.88. The Morgan fingerprint density at radius 2 is 1.87 bits per heavy atom. The van der Waals surface area contributed by atoms with E-state index in [0.29, 0.717) is 12.0 Å². The molecule has 0 aliphatic carbocycles. The van der Waals surface area contributed by atoms with E-state index in [4.69, 9.17) is 4.74 Å². The number of nitrogens with zero attached hydrogens (tertiary/aromatic N) is 1. The van der Waals surface area contributed by atoms with Crippen molar-refractivity contribution in [1.82, 2.24) is 0 Å². The van der Waals surface area contributed by atoms with Crippen LogP contribution >= 0.6 is 0 Å². The lowest BCUT2D eigenvalue weighted by Gasteiger charge is -2.21. The monoisotopic (exact) mass is 327 g/mol. The number of hydrogen-bond donors (Lipinski definition) is 0. The number of ketones is 1. The van der Waals surface area contributed by atoms with E-state index in [2.05, 4.69) is 4.99 Å². The Hall–Kier alpha value is -2.18. The van der Waals surface area contributed by atoms with Crippen molar-refractivity contribution < 1.29 is 27.5 Å². The van der Waals surface area contributed by atoms with Gasteiger partial charge >= 0.3 is 12.1 Å². The Morgan fingerprint density at radius 3 is 2.43 bits per heavy atom. The highest BCUT2D eigenvalue weighted by Gasteiger charge is 2.61. The Labute approximate surface area is 131 Å². The molecule has 1 atom stereocenters. The summed E-state index contributed by atoms with van der Waals surface area (Å²) in [6.45, 7) is 1.86. The number of esters is 1. The van der Waals surface area contributed by atoms with Crippen LogP contribution < -0.4 is 0 Å². The van der Waals surface area contributed by atoms with Crippen molar-refractivity contribution in [2.75, 3.05) is 0 Å². The molecule has 124 valence electrons. The summed E-state index contributed by atoms with van der Waals surface area (Å²) in [7, 11) is 0. The molecule has 0 bridgehead atoms. The molecule has 1 unspecified atom stereocenters. The first-order chi connectivity index (χ1) is 10.8. The molecule has 7 heteroatoms. The Balaban J connectivity index is 2.42. The van der Waals surface area contributed by atoms with E-state index < -0.39 is 23.5 Å². The molecule has 23 heavy (non-hydrogen) atoms. The van der Waals surface area contributed by atoms with E-state index in [-0.39, 0.29) is 18.7 Å². The normalized spacial score (nSPS) is 21.0. The highest BCUT2D eigenvalue weighted by Crippen LogP contribution is 2.36. The van der Waals surface area contributed by atoms with Gasteiger partial charge in [0, 0.05) is 5.56 Å². The maximum Gasteiger partial charge on any atom is 0.453 e. The molecule has 4 nitrogen and oxygen atoms in total. The van der Waals surface area contributed by atoms with Crippen LogP contribution in [0.15, 0.2) is 35.3 Å². The number of rotatable bonds is 6. The molecular formula is C16H16F3NO3. The average molecular weight is 327 g/mol. The summed E-state index contributed by atoms with van der Waals surface area (Å²) in [5.74, 6) is -3.67. The third kappa shape index (κ3) is 3.43. The maximum absolute atomic E-state index is 12.9. The summed E-state index contributed by atoms with van der Waals surface area (Å²) in [6, 6.07) is 8.07. The molecule has 1 aromatic rings. The molecular weight excluding hydrogens is 311 g/mol. The number of cyclic esters (lactones) is 1. The van der Waals surface area contributed by atoms with Crippen molar-refractivity contribution in [3.63, 3.8) is 0 Å². The van der Waals surface area contributed by atoms with Gasteiger partial charge in [0.05, 0.1) is 0 Å². The fraction of sp³-hybridized carbons (Fsp3) is 0.438. The van der Waals surface area contributed by atoms with Crippen molar-refractivity contribution in [3.05, 3.63) is 35.9 Å². The maximum atomic E-state index is 12.9. The minimum Gasteiger partial charge on any atom is -0.405 e. The first kappa shape index (κ1) is 17.2. The minimum atomic E-state index is -5.15. The van der Waals surface area contributed by atoms with Gasteiger partial charge in [-0.3, -0.25) is 4.79 Å². The molecule has 1 aliphatic rings. The van der Waals surface area contributed by atoms with Crippen LogP contribution in [0.2, 0.25) is 0 Å². The summed E-state index contributed by atoms with van der Waals surface area (Å²) in [6.07, 6.45) is -3.86. The number of alkyl halides is 3. The third-order valence-electron chi connectivity index (χ3n) is 3.62. The van der Waals surface area contributed by atoms with Gasteiger partial charge in [0.1, 0.15) is 0 Å². The molecule has 0 N–H and O–H groups in total. The number of benzene rings is 1. The predicted molar refractivity (Wildman–Crippen MR) is 77.0 cm³/mol. The second kappa shape index (κ2) is 6.52. The van der Waals surface area contributed by atoms with E-state index in [1.807, 2.05) is 6.92 Å². The van der Waals surface area contributed by atoms with Crippen LogP contribution in [-0.2, 0) is 14.3 Å². The van der Waals surface area contributed by atoms with Gasteiger partial charge < -0.3 is 4.74 Å². The molecule has 1 aliphatic heterocycles. The molecule has 0 radical (unpaired) electrons. The second-order valence-corrected chi connectivity index (χ2v) is 5.32. The number of Topliss-reactive ketones (excluding diaryl/α,β-unsaturated/α-hetero) is 1. The van der Waals surface area contributed by atoms with Crippen molar-refractivity contribution in [1.29, 1.82) is 0 Å². The topological polar surface area (TPSA) is 55.7 Å². The van der Waals surface area contributed by atoms with Gasteiger partial charge in [-0.25, -0.2) is 9.79 Å². The van der Waals surface area contributed by atoms with Gasteiger partial charge in [-0.15, -0.1) is 0 Å². The van der Waals surface area contributed by atoms with E-state index in [1.54, 1.807) is 30.3 Å². The highest BCUT2D eigenvalue weighted by molar-refractivity contribution is 6.20. The summed E-state index contributed by atoms with van der Waals surface area (Å²) < 4.78 is 43.7. The van der Waals surface area contributed by atoms with Gasteiger partial charge in [-0.1, -0.05) is 38.0 Å². The van der Waals surface area contributed by atoms with Crippen LogP contribution in [0.4, 0.5) is 13.2 Å². The summed E-state index contributed by atoms with van der Waals surface area (Å²) in [5, 5.41) is 0. The molecule has 1 aromatic carbocycles. The fourth-order valence-corrected chi connectivity index (χ4v) is 2.40. The molecule has 0 saturated heterocycles.